The Morgan fingerprint density at radius 1 is 1.25 bits per heavy atom. The van der Waals surface area contributed by atoms with Gasteiger partial charge in [0.1, 0.15) is 6.04 Å². The van der Waals surface area contributed by atoms with Crippen LogP contribution in [0, 0.1) is 16.7 Å². The number of hydrogen-bond donors (Lipinski definition) is 3. The van der Waals surface area contributed by atoms with Crippen LogP contribution in [0.4, 0.5) is 10.5 Å². The number of rotatable bonds is 3. The summed E-state index contributed by atoms with van der Waals surface area (Å²) >= 11 is 0. The van der Waals surface area contributed by atoms with Crippen LogP contribution >= 0.6 is 0 Å². The highest BCUT2D eigenvalue weighted by Crippen LogP contribution is 2.19. The second-order valence-corrected chi connectivity index (χ2v) is 5.42. The van der Waals surface area contributed by atoms with Gasteiger partial charge in [0.2, 0.25) is 0 Å². The van der Waals surface area contributed by atoms with Gasteiger partial charge in [0, 0.05) is 5.69 Å². The molecule has 106 valence electrons. The highest BCUT2D eigenvalue weighted by Gasteiger charge is 2.32. The van der Waals surface area contributed by atoms with Crippen molar-refractivity contribution >= 4 is 17.7 Å². The van der Waals surface area contributed by atoms with Crippen LogP contribution in [0.25, 0.3) is 0 Å². The molecule has 0 radical (unpaired) electrons. The molecule has 6 nitrogen and oxygen atoms in total. The lowest BCUT2D eigenvalue weighted by Gasteiger charge is -2.27. The zero-order valence-electron chi connectivity index (χ0n) is 11.6. The number of amides is 2. The third kappa shape index (κ3) is 4.28. The van der Waals surface area contributed by atoms with Crippen LogP contribution < -0.4 is 10.6 Å². The van der Waals surface area contributed by atoms with Gasteiger partial charge in [-0.2, -0.15) is 5.26 Å². The predicted octanol–water partition coefficient (Wildman–Crippen LogP) is 2.18. The Kier molecular flexibility index (Phi) is 4.70. The number of carbonyl (C=O) groups excluding carboxylic acids is 1. The average Bonchev–Trinajstić information content (AvgIpc) is 2.35. The van der Waals surface area contributed by atoms with Gasteiger partial charge in [-0.15, -0.1) is 0 Å². The second-order valence-electron chi connectivity index (χ2n) is 5.42. The number of anilines is 1. The molecule has 0 aliphatic carbocycles. The molecule has 20 heavy (non-hydrogen) atoms. The molecule has 1 atom stereocenters. The predicted molar refractivity (Wildman–Crippen MR) is 74.2 cm³/mol. The minimum atomic E-state index is -1.09. The molecule has 3 N–H and O–H groups in total. The summed E-state index contributed by atoms with van der Waals surface area (Å²) in [6, 6.07) is 6.65. The van der Waals surface area contributed by atoms with E-state index in [4.69, 9.17) is 10.4 Å². The van der Waals surface area contributed by atoms with Gasteiger partial charge in [0.15, 0.2) is 0 Å². The summed E-state index contributed by atoms with van der Waals surface area (Å²) in [6.07, 6.45) is 0. The van der Waals surface area contributed by atoms with Gasteiger partial charge in [-0.25, -0.2) is 9.59 Å². The molecule has 0 bridgehead atoms. The number of benzene rings is 1. The fourth-order valence-corrected chi connectivity index (χ4v) is 1.58. The zero-order chi connectivity index (χ0) is 15.3. The highest BCUT2D eigenvalue weighted by molar-refractivity contribution is 5.92. The molecule has 1 unspecified atom stereocenters. The summed E-state index contributed by atoms with van der Waals surface area (Å²) in [5, 5.41) is 22.7. The average molecular weight is 275 g/mol. The first-order valence-corrected chi connectivity index (χ1v) is 6.04. The molecule has 0 saturated heterocycles. The summed E-state index contributed by atoms with van der Waals surface area (Å²) in [5.41, 5.74) is 0.363. The highest BCUT2D eigenvalue weighted by atomic mass is 16.4. The lowest BCUT2D eigenvalue weighted by atomic mass is 9.87. The fraction of sp³-hybridized carbons (Fsp3) is 0.357. The van der Waals surface area contributed by atoms with E-state index < -0.39 is 23.5 Å². The lowest BCUT2D eigenvalue weighted by molar-refractivity contribution is -0.141. The van der Waals surface area contributed by atoms with E-state index in [-0.39, 0.29) is 0 Å². The van der Waals surface area contributed by atoms with E-state index in [2.05, 4.69) is 10.6 Å². The van der Waals surface area contributed by atoms with Crippen LogP contribution in [-0.2, 0) is 4.79 Å². The SMILES string of the molecule is CC(C)(C)C(NC(=O)Nc1ccc(C#N)cc1)C(=O)O. The first-order valence-electron chi connectivity index (χ1n) is 6.04. The Balaban J connectivity index is 2.71. The first-order chi connectivity index (χ1) is 9.24. The largest absolute Gasteiger partial charge is 0.480 e. The van der Waals surface area contributed by atoms with Crippen molar-refractivity contribution in [2.45, 2.75) is 26.8 Å². The molecule has 1 aromatic carbocycles. The molecule has 0 aliphatic rings. The quantitative estimate of drug-likeness (QED) is 0.786. The summed E-state index contributed by atoms with van der Waals surface area (Å²) in [4.78, 5) is 22.9. The molecule has 6 heteroatoms. The molecule has 0 saturated carbocycles. The van der Waals surface area contributed by atoms with Crippen LogP contribution in [0.1, 0.15) is 26.3 Å². The summed E-state index contributed by atoms with van der Waals surface area (Å²) in [5.74, 6) is -1.09. The minimum absolute atomic E-state index is 0.481. The zero-order valence-corrected chi connectivity index (χ0v) is 11.6. The van der Waals surface area contributed by atoms with E-state index >= 15 is 0 Å². The first kappa shape index (κ1) is 15.5. The van der Waals surface area contributed by atoms with E-state index in [0.29, 0.717) is 11.3 Å². The van der Waals surface area contributed by atoms with Crippen molar-refractivity contribution in [1.82, 2.24) is 5.32 Å². The number of carbonyl (C=O) groups is 2. The van der Waals surface area contributed by atoms with Crippen molar-refractivity contribution in [3.8, 4) is 6.07 Å². The fourth-order valence-electron chi connectivity index (χ4n) is 1.58. The third-order valence-corrected chi connectivity index (χ3v) is 2.66. The summed E-state index contributed by atoms with van der Waals surface area (Å²) in [6.45, 7) is 5.19. The molecule has 0 aliphatic heterocycles. The van der Waals surface area contributed by atoms with Crippen LogP contribution in [0.5, 0.6) is 0 Å². The Labute approximate surface area is 117 Å². The molecular formula is C14H17N3O3. The molecule has 0 aromatic heterocycles. The topological polar surface area (TPSA) is 102 Å². The molecule has 1 rings (SSSR count). The number of hydrogen-bond acceptors (Lipinski definition) is 3. The van der Waals surface area contributed by atoms with Crippen LogP contribution in [0.15, 0.2) is 24.3 Å². The monoisotopic (exact) mass is 275 g/mol. The molecular weight excluding hydrogens is 258 g/mol. The number of aliphatic carboxylic acids is 1. The van der Waals surface area contributed by atoms with Gasteiger partial charge in [0.25, 0.3) is 0 Å². The van der Waals surface area contributed by atoms with E-state index in [9.17, 15) is 9.59 Å². The van der Waals surface area contributed by atoms with Gasteiger partial charge in [-0.3, -0.25) is 0 Å². The third-order valence-electron chi connectivity index (χ3n) is 2.66. The van der Waals surface area contributed by atoms with Crippen molar-refractivity contribution in [2.24, 2.45) is 5.41 Å². The van der Waals surface area contributed by atoms with Crippen molar-refractivity contribution in [3.63, 3.8) is 0 Å². The number of carboxylic acid groups (broad SMARTS) is 1. The van der Waals surface area contributed by atoms with Crippen molar-refractivity contribution in [1.29, 1.82) is 5.26 Å². The van der Waals surface area contributed by atoms with E-state index in [1.165, 1.54) is 0 Å². The number of nitriles is 1. The van der Waals surface area contributed by atoms with Gasteiger partial charge in [-0.1, -0.05) is 20.8 Å². The van der Waals surface area contributed by atoms with Crippen molar-refractivity contribution in [3.05, 3.63) is 29.8 Å². The standard InChI is InChI=1S/C14H17N3O3/c1-14(2,3)11(12(18)19)17-13(20)16-10-6-4-9(8-15)5-7-10/h4-7,11H,1-3H3,(H,18,19)(H2,16,17,20). The minimum Gasteiger partial charge on any atom is -0.480 e. The van der Waals surface area contributed by atoms with Crippen LogP contribution in [-0.4, -0.2) is 23.1 Å². The van der Waals surface area contributed by atoms with Crippen molar-refractivity contribution in [2.75, 3.05) is 5.32 Å². The maximum Gasteiger partial charge on any atom is 0.326 e. The Bertz CT molecular complexity index is 538. The maximum atomic E-state index is 11.8. The molecule has 0 heterocycles. The smallest absolute Gasteiger partial charge is 0.326 e. The van der Waals surface area contributed by atoms with Crippen LogP contribution in [0.3, 0.4) is 0 Å². The normalized spacial score (nSPS) is 12.1. The Morgan fingerprint density at radius 3 is 2.20 bits per heavy atom. The van der Waals surface area contributed by atoms with Gasteiger partial charge in [-0.05, 0) is 29.7 Å². The lowest BCUT2D eigenvalue weighted by Crippen LogP contribution is -2.50. The van der Waals surface area contributed by atoms with Crippen molar-refractivity contribution < 1.29 is 14.7 Å². The molecule has 0 fully saturated rings. The number of nitrogens with one attached hydrogen (secondary N) is 2. The maximum absolute atomic E-state index is 11.8. The molecule has 1 aromatic rings. The van der Waals surface area contributed by atoms with E-state index in [1.807, 2.05) is 6.07 Å². The Morgan fingerprint density at radius 2 is 1.80 bits per heavy atom. The second kappa shape index (κ2) is 6.06. The van der Waals surface area contributed by atoms with E-state index in [1.54, 1.807) is 45.0 Å². The molecule has 0 spiro atoms. The number of nitrogens with zero attached hydrogens (tertiary/aromatic N) is 1. The van der Waals surface area contributed by atoms with Gasteiger partial charge in [0.05, 0.1) is 11.6 Å². The number of carboxylic acids is 1. The van der Waals surface area contributed by atoms with Gasteiger partial charge >= 0.3 is 12.0 Å². The molecule has 2 amide bonds. The van der Waals surface area contributed by atoms with Crippen LogP contribution in [0.2, 0.25) is 0 Å². The summed E-state index contributed by atoms with van der Waals surface area (Å²) < 4.78 is 0. The number of urea groups is 1. The Hall–Kier alpha value is -2.55. The van der Waals surface area contributed by atoms with Gasteiger partial charge < -0.3 is 15.7 Å². The van der Waals surface area contributed by atoms with E-state index in [0.717, 1.165) is 0 Å². The summed E-state index contributed by atoms with van der Waals surface area (Å²) in [7, 11) is 0.